The van der Waals surface area contributed by atoms with E-state index in [4.69, 9.17) is 5.73 Å². The first-order valence-electron chi connectivity index (χ1n) is 11.4. The SMILES string of the molecule is Cc1cccc(S(=O)(=O)CCC(=O)N2[C@@H]3CC[C@H]2CC(C(N)Cc2cc(F)c(F)cc2F)C3)n1. The van der Waals surface area contributed by atoms with E-state index in [1.165, 1.54) is 6.07 Å². The van der Waals surface area contributed by atoms with E-state index >= 15 is 0 Å². The van der Waals surface area contributed by atoms with Crippen molar-refractivity contribution in [2.45, 2.75) is 68.6 Å². The van der Waals surface area contributed by atoms with Crippen molar-refractivity contribution in [2.75, 3.05) is 5.75 Å². The third-order valence-corrected chi connectivity index (χ3v) is 8.58. The Balaban J connectivity index is 1.37. The molecule has 184 valence electrons. The number of sulfone groups is 1. The van der Waals surface area contributed by atoms with E-state index in [-0.39, 0.29) is 53.1 Å². The number of hydrogen-bond donors (Lipinski definition) is 1. The summed E-state index contributed by atoms with van der Waals surface area (Å²) in [5.41, 5.74) is 6.96. The second-order valence-electron chi connectivity index (χ2n) is 9.33. The molecule has 2 bridgehead atoms. The predicted molar refractivity (Wildman–Crippen MR) is 120 cm³/mol. The normalized spacial score (nSPS) is 23.2. The van der Waals surface area contributed by atoms with E-state index in [9.17, 15) is 26.4 Å². The van der Waals surface area contributed by atoms with Crippen molar-refractivity contribution in [3.63, 3.8) is 0 Å². The topological polar surface area (TPSA) is 93.4 Å². The molecule has 1 amide bonds. The second kappa shape index (κ2) is 9.65. The van der Waals surface area contributed by atoms with Crippen molar-refractivity contribution in [3.8, 4) is 0 Å². The molecule has 2 aliphatic heterocycles. The molecule has 1 aromatic carbocycles. The molecule has 4 atom stereocenters. The minimum atomic E-state index is -3.67. The van der Waals surface area contributed by atoms with Gasteiger partial charge < -0.3 is 10.6 Å². The van der Waals surface area contributed by atoms with E-state index in [1.807, 2.05) is 0 Å². The number of carbonyl (C=O) groups is 1. The maximum atomic E-state index is 14.0. The summed E-state index contributed by atoms with van der Waals surface area (Å²) in [6.07, 6.45) is 2.77. The average Bonchev–Trinajstić information content (AvgIpc) is 3.05. The van der Waals surface area contributed by atoms with Gasteiger partial charge in [0.15, 0.2) is 26.5 Å². The molecule has 2 N–H and O–H groups in total. The van der Waals surface area contributed by atoms with Crippen molar-refractivity contribution in [2.24, 2.45) is 11.7 Å². The molecular weight excluding hydrogens is 467 g/mol. The van der Waals surface area contributed by atoms with E-state index < -0.39 is 33.3 Å². The van der Waals surface area contributed by atoms with Crippen LogP contribution in [-0.4, -0.2) is 48.1 Å². The number of fused-ring (bicyclic) bond motifs is 2. The number of carbonyl (C=O) groups excluding carboxylic acids is 1. The lowest BCUT2D eigenvalue weighted by atomic mass is 9.82. The van der Waals surface area contributed by atoms with Crippen molar-refractivity contribution in [1.82, 2.24) is 9.88 Å². The Kier molecular flexibility index (Phi) is 7.00. The third kappa shape index (κ3) is 5.12. The molecule has 0 radical (unpaired) electrons. The molecule has 10 heteroatoms. The Labute approximate surface area is 197 Å². The Morgan fingerprint density at radius 1 is 1.12 bits per heavy atom. The fraction of sp³-hybridized carbons (Fsp3) is 0.500. The summed E-state index contributed by atoms with van der Waals surface area (Å²) < 4.78 is 66.0. The molecule has 0 aliphatic carbocycles. The molecule has 2 saturated heterocycles. The second-order valence-corrected chi connectivity index (χ2v) is 11.4. The monoisotopic (exact) mass is 495 g/mol. The number of amides is 1. The van der Waals surface area contributed by atoms with E-state index in [2.05, 4.69) is 4.98 Å². The Morgan fingerprint density at radius 2 is 1.76 bits per heavy atom. The zero-order valence-corrected chi connectivity index (χ0v) is 19.7. The molecule has 3 heterocycles. The molecular formula is C24H28F3N3O3S. The smallest absolute Gasteiger partial charge is 0.224 e. The van der Waals surface area contributed by atoms with E-state index in [0.717, 1.165) is 18.9 Å². The molecule has 0 spiro atoms. The quantitative estimate of drug-likeness (QED) is 0.595. The van der Waals surface area contributed by atoms with Crippen molar-refractivity contribution >= 4 is 15.7 Å². The first-order chi connectivity index (χ1) is 16.0. The van der Waals surface area contributed by atoms with Gasteiger partial charge in [-0.15, -0.1) is 0 Å². The summed E-state index contributed by atoms with van der Waals surface area (Å²) in [4.78, 5) is 18.8. The Hall–Kier alpha value is -2.46. The van der Waals surface area contributed by atoms with Gasteiger partial charge in [0.05, 0.1) is 5.75 Å². The van der Waals surface area contributed by atoms with Crippen LogP contribution in [0.15, 0.2) is 35.4 Å². The Bertz CT molecular complexity index is 1180. The summed E-state index contributed by atoms with van der Waals surface area (Å²) in [6.45, 7) is 1.71. The zero-order chi connectivity index (χ0) is 24.6. The highest BCUT2D eigenvalue weighted by molar-refractivity contribution is 7.91. The van der Waals surface area contributed by atoms with Crippen LogP contribution in [-0.2, 0) is 21.1 Å². The predicted octanol–water partition coefficient (Wildman–Crippen LogP) is 3.31. The lowest BCUT2D eigenvalue weighted by Gasteiger charge is -2.41. The summed E-state index contributed by atoms with van der Waals surface area (Å²) >= 11 is 0. The number of aryl methyl sites for hydroxylation is 1. The van der Waals surface area contributed by atoms with Crippen LogP contribution in [0.25, 0.3) is 0 Å². The highest BCUT2D eigenvalue weighted by atomic mass is 32.2. The number of halogens is 3. The summed E-state index contributed by atoms with van der Waals surface area (Å²) in [7, 11) is -3.67. The molecule has 2 fully saturated rings. The van der Waals surface area contributed by atoms with Crippen LogP contribution in [0, 0.1) is 30.3 Å². The molecule has 34 heavy (non-hydrogen) atoms. The first-order valence-corrected chi connectivity index (χ1v) is 13.1. The summed E-state index contributed by atoms with van der Waals surface area (Å²) in [5.74, 6) is -3.69. The number of nitrogens with two attached hydrogens (primary N) is 1. The maximum Gasteiger partial charge on any atom is 0.224 e. The van der Waals surface area contributed by atoms with Gasteiger partial charge in [-0.2, -0.15) is 0 Å². The molecule has 2 aliphatic rings. The summed E-state index contributed by atoms with van der Waals surface area (Å²) in [6, 6.07) is 5.56. The van der Waals surface area contributed by atoms with Gasteiger partial charge in [-0.25, -0.2) is 26.6 Å². The van der Waals surface area contributed by atoms with E-state index in [0.29, 0.717) is 24.6 Å². The van der Waals surface area contributed by atoms with Crippen LogP contribution < -0.4 is 5.73 Å². The van der Waals surface area contributed by atoms with Crippen LogP contribution in [0.2, 0.25) is 0 Å². The summed E-state index contributed by atoms with van der Waals surface area (Å²) in [5, 5.41) is -0.0302. The van der Waals surface area contributed by atoms with E-state index in [1.54, 1.807) is 24.0 Å². The number of aromatic nitrogens is 1. The molecule has 4 rings (SSSR count). The maximum absolute atomic E-state index is 14.0. The van der Waals surface area contributed by atoms with Crippen LogP contribution in [0.5, 0.6) is 0 Å². The van der Waals surface area contributed by atoms with Crippen molar-refractivity contribution < 1.29 is 26.4 Å². The standard InChI is InChI=1S/C24H28F3N3O3S/c1-14-3-2-4-23(29-14)34(32,33)8-7-24(31)30-17-5-6-18(30)10-16(9-17)22(28)12-15-11-20(26)21(27)13-19(15)25/h2-4,11,13,16-18,22H,5-10,12,28H2,1H3/t16?,17-,18+,22?. The highest BCUT2D eigenvalue weighted by Gasteiger charge is 2.44. The minimum Gasteiger partial charge on any atom is -0.337 e. The fourth-order valence-corrected chi connectivity index (χ4v) is 6.48. The first kappa shape index (κ1) is 24.7. The van der Waals surface area contributed by atoms with Gasteiger partial charge in [0.25, 0.3) is 0 Å². The third-order valence-electron chi connectivity index (χ3n) is 6.97. The van der Waals surface area contributed by atoms with Crippen LogP contribution in [0.1, 0.15) is 43.4 Å². The number of rotatable bonds is 7. The molecule has 2 unspecified atom stereocenters. The number of pyridine rings is 1. The number of benzene rings is 1. The average molecular weight is 496 g/mol. The Morgan fingerprint density at radius 3 is 2.41 bits per heavy atom. The van der Waals surface area contributed by atoms with Crippen molar-refractivity contribution in [3.05, 3.63) is 59.0 Å². The lowest BCUT2D eigenvalue weighted by Crippen LogP contribution is -2.50. The highest BCUT2D eigenvalue weighted by Crippen LogP contribution is 2.40. The number of hydrogen-bond acceptors (Lipinski definition) is 5. The fourth-order valence-electron chi connectivity index (χ4n) is 5.26. The van der Waals surface area contributed by atoms with Crippen LogP contribution in [0.4, 0.5) is 13.2 Å². The minimum absolute atomic E-state index is 0.00529. The van der Waals surface area contributed by atoms with Crippen LogP contribution in [0.3, 0.4) is 0 Å². The van der Waals surface area contributed by atoms with Gasteiger partial charge in [0, 0.05) is 36.3 Å². The number of nitrogens with zero attached hydrogens (tertiary/aromatic N) is 2. The number of piperidine rings is 1. The molecule has 1 aromatic heterocycles. The van der Waals surface area contributed by atoms with Gasteiger partial charge in [-0.3, -0.25) is 4.79 Å². The van der Waals surface area contributed by atoms with Gasteiger partial charge in [-0.1, -0.05) is 6.07 Å². The van der Waals surface area contributed by atoms with Crippen LogP contribution >= 0.6 is 0 Å². The van der Waals surface area contributed by atoms with Gasteiger partial charge in [-0.05, 0) is 68.7 Å². The molecule has 2 aromatic rings. The lowest BCUT2D eigenvalue weighted by molar-refractivity contribution is -0.136. The van der Waals surface area contributed by atoms with Crippen molar-refractivity contribution in [1.29, 1.82) is 0 Å². The van der Waals surface area contributed by atoms with Gasteiger partial charge in [0.2, 0.25) is 5.91 Å². The molecule has 0 saturated carbocycles. The molecule has 6 nitrogen and oxygen atoms in total. The zero-order valence-electron chi connectivity index (χ0n) is 18.9. The van der Waals surface area contributed by atoms with Gasteiger partial charge >= 0.3 is 0 Å². The van der Waals surface area contributed by atoms with Gasteiger partial charge in [0.1, 0.15) is 5.82 Å². The largest absolute Gasteiger partial charge is 0.337 e.